The second-order valence-electron chi connectivity index (χ2n) is 4.93. The van der Waals surface area contributed by atoms with Crippen LogP contribution in [0.1, 0.15) is 22.5 Å². The van der Waals surface area contributed by atoms with Gasteiger partial charge in [-0.2, -0.15) is 0 Å². The second kappa shape index (κ2) is 4.81. The number of nitrogen functional groups attached to an aromatic ring is 1. The molecule has 0 saturated carbocycles. The summed E-state index contributed by atoms with van der Waals surface area (Å²) >= 11 is 0. The SMILES string of the molecule is C#CCn1c(C)nc(-c2cc(C)c(C)cc2C)c1N. The zero-order valence-corrected chi connectivity index (χ0v) is 11.9. The van der Waals surface area contributed by atoms with Crippen LogP contribution >= 0.6 is 0 Å². The number of terminal acetylenes is 1. The Morgan fingerprint density at radius 1 is 1.16 bits per heavy atom. The van der Waals surface area contributed by atoms with Gasteiger partial charge in [-0.1, -0.05) is 12.0 Å². The van der Waals surface area contributed by atoms with Crippen molar-refractivity contribution < 1.29 is 0 Å². The van der Waals surface area contributed by atoms with E-state index in [9.17, 15) is 0 Å². The van der Waals surface area contributed by atoms with Gasteiger partial charge in [0.15, 0.2) is 0 Å². The van der Waals surface area contributed by atoms with Crippen molar-refractivity contribution >= 4 is 5.82 Å². The van der Waals surface area contributed by atoms with Gasteiger partial charge in [-0.05, 0) is 50.5 Å². The van der Waals surface area contributed by atoms with E-state index >= 15 is 0 Å². The van der Waals surface area contributed by atoms with Gasteiger partial charge >= 0.3 is 0 Å². The minimum atomic E-state index is 0.453. The third-order valence-electron chi connectivity index (χ3n) is 3.54. The average Bonchev–Trinajstić information content (AvgIpc) is 2.62. The van der Waals surface area contributed by atoms with Crippen molar-refractivity contribution in [1.82, 2.24) is 9.55 Å². The van der Waals surface area contributed by atoms with Crippen molar-refractivity contribution in [3.05, 3.63) is 34.6 Å². The van der Waals surface area contributed by atoms with Gasteiger partial charge in [0, 0.05) is 5.56 Å². The molecule has 0 spiro atoms. The molecular weight excluding hydrogens is 234 g/mol. The summed E-state index contributed by atoms with van der Waals surface area (Å²) in [4.78, 5) is 4.57. The summed E-state index contributed by atoms with van der Waals surface area (Å²) in [6, 6.07) is 4.31. The lowest BCUT2D eigenvalue weighted by Gasteiger charge is -2.09. The molecule has 2 N–H and O–H groups in total. The molecule has 0 radical (unpaired) electrons. The van der Waals surface area contributed by atoms with E-state index in [1.807, 2.05) is 11.5 Å². The fourth-order valence-electron chi connectivity index (χ4n) is 2.29. The smallest absolute Gasteiger partial charge is 0.132 e. The van der Waals surface area contributed by atoms with Crippen molar-refractivity contribution in [2.75, 3.05) is 5.73 Å². The highest BCUT2D eigenvalue weighted by atomic mass is 15.1. The summed E-state index contributed by atoms with van der Waals surface area (Å²) in [5.74, 6) is 4.10. The summed E-state index contributed by atoms with van der Waals surface area (Å²) in [6.45, 7) is 8.66. The van der Waals surface area contributed by atoms with Gasteiger partial charge in [0.2, 0.25) is 0 Å². The molecule has 0 amide bonds. The minimum absolute atomic E-state index is 0.453. The molecule has 0 fully saturated rings. The first-order valence-corrected chi connectivity index (χ1v) is 6.30. The Kier molecular flexibility index (Phi) is 3.35. The maximum absolute atomic E-state index is 6.18. The van der Waals surface area contributed by atoms with Crippen LogP contribution in [0.15, 0.2) is 12.1 Å². The first-order valence-electron chi connectivity index (χ1n) is 6.30. The Morgan fingerprint density at radius 3 is 2.42 bits per heavy atom. The van der Waals surface area contributed by atoms with Gasteiger partial charge in [-0.15, -0.1) is 6.42 Å². The van der Waals surface area contributed by atoms with Crippen LogP contribution in [-0.4, -0.2) is 9.55 Å². The number of imidazole rings is 1. The minimum Gasteiger partial charge on any atom is -0.383 e. The molecule has 3 heteroatoms. The first-order chi connectivity index (χ1) is 8.95. The van der Waals surface area contributed by atoms with E-state index in [0.29, 0.717) is 12.4 Å². The van der Waals surface area contributed by atoms with E-state index in [1.54, 1.807) is 0 Å². The van der Waals surface area contributed by atoms with E-state index < -0.39 is 0 Å². The Morgan fingerprint density at radius 2 is 1.79 bits per heavy atom. The summed E-state index contributed by atoms with van der Waals surface area (Å²) in [7, 11) is 0. The van der Waals surface area contributed by atoms with E-state index in [4.69, 9.17) is 12.2 Å². The molecule has 3 nitrogen and oxygen atoms in total. The van der Waals surface area contributed by atoms with Crippen LogP contribution in [0, 0.1) is 40.0 Å². The molecule has 2 aromatic rings. The zero-order valence-electron chi connectivity index (χ0n) is 11.9. The molecule has 0 aliphatic rings. The number of hydrogen-bond acceptors (Lipinski definition) is 2. The van der Waals surface area contributed by atoms with Crippen molar-refractivity contribution in [1.29, 1.82) is 0 Å². The summed E-state index contributed by atoms with van der Waals surface area (Å²) in [6.07, 6.45) is 5.37. The molecule has 98 valence electrons. The topological polar surface area (TPSA) is 43.8 Å². The number of aryl methyl sites for hydroxylation is 4. The zero-order chi connectivity index (χ0) is 14.2. The summed E-state index contributed by atoms with van der Waals surface area (Å²) < 4.78 is 1.87. The molecule has 0 bridgehead atoms. The maximum atomic E-state index is 6.18. The van der Waals surface area contributed by atoms with E-state index in [-0.39, 0.29) is 0 Å². The predicted octanol–water partition coefficient (Wildman–Crippen LogP) is 3.00. The lowest BCUT2D eigenvalue weighted by molar-refractivity contribution is 0.807. The number of aromatic nitrogens is 2. The number of nitrogens with zero attached hydrogens (tertiary/aromatic N) is 2. The van der Waals surface area contributed by atoms with Crippen molar-refractivity contribution in [3.63, 3.8) is 0 Å². The lowest BCUT2D eigenvalue weighted by atomic mass is 9.99. The number of benzene rings is 1. The standard InChI is InChI=1S/C16H19N3/c1-6-7-19-13(5)18-15(16(19)17)14-9-11(3)10(2)8-12(14)4/h1,8-9H,7,17H2,2-5H3. The molecule has 0 saturated heterocycles. The van der Waals surface area contributed by atoms with Gasteiger partial charge in [0.25, 0.3) is 0 Å². The van der Waals surface area contributed by atoms with Crippen LogP contribution in [0.2, 0.25) is 0 Å². The molecule has 1 aromatic heterocycles. The molecule has 1 aromatic carbocycles. The highest BCUT2D eigenvalue weighted by molar-refractivity contribution is 5.74. The molecule has 1 heterocycles. The lowest BCUT2D eigenvalue weighted by Crippen LogP contribution is -2.03. The molecule has 0 aliphatic carbocycles. The van der Waals surface area contributed by atoms with Crippen LogP contribution in [0.25, 0.3) is 11.3 Å². The molecule has 0 aliphatic heterocycles. The van der Waals surface area contributed by atoms with Crippen LogP contribution in [0.5, 0.6) is 0 Å². The summed E-state index contributed by atoms with van der Waals surface area (Å²) in [5, 5.41) is 0. The fraction of sp³-hybridized carbons (Fsp3) is 0.312. The highest BCUT2D eigenvalue weighted by Gasteiger charge is 2.15. The third-order valence-corrected chi connectivity index (χ3v) is 3.54. The molecular formula is C16H19N3. The Bertz CT molecular complexity index is 672. The predicted molar refractivity (Wildman–Crippen MR) is 79.9 cm³/mol. The van der Waals surface area contributed by atoms with Gasteiger partial charge in [-0.25, -0.2) is 4.98 Å². The van der Waals surface area contributed by atoms with Crippen molar-refractivity contribution in [2.24, 2.45) is 0 Å². The van der Waals surface area contributed by atoms with Gasteiger partial charge < -0.3 is 10.3 Å². The average molecular weight is 253 g/mol. The normalized spacial score (nSPS) is 10.5. The van der Waals surface area contributed by atoms with Crippen LogP contribution in [0.3, 0.4) is 0 Å². The maximum Gasteiger partial charge on any atom is 0.132 e. The van der Waals surface area contributed by atoms with Gasteiger partial charge in [0.05, 0.1) is 6.54 Å². The third kappa shape index (κ3) is 2.22. The molecule has 0 atom stereocenters. The van der Waals surface area contributed by atoms with Crippen molar-refractivity contribution in [2.45, 2.75) is 34.2 Å². The van der Waals surface area contributed by atoms with E-state index in [1.165, 1.54) is 16.7 Å². The largest absolute Gasteiger partial charge is 0.383 e. The van der Waals surface area contributed by atoms with Crippen molar-refractivity contribution in [3.8, 4) is 23.6 Å². The number of anilines is 1. The van der Waals surface area contributed by atoms with Gasteiger partial charge in [-0.3, -0.25) is 0 Å². The van der Waals surface area contributed by atoms with E-state index in [0.717, 1.165) is 17.1 Å². The number of hydrogen-bond donors (Lipinski definition) is 1. The summed E-state index contributed by atoms with van der Waals surface area (Å²) in [5.41, 5.74) is 11.8. The molecule has 0 unspecified atom stereocenters. The quantitative estimate of drug-likeness (QED) is 0.836. The molecule has 2 rings (SSSR count). The van der Waals surface area contributed by atoms with E-state index in [2.05, 4.69) is 43.8 Å². The Hall–Kier alpha value is -2.21. The first kappa shape index (κ1) is 13.2. The fourth-order valence-corrected chi connectivity index (χ4v) is 2.29. The Balaban J connectivity index is 2.64. The van der Waals surface area contributed by atoms with Crippen LogP contribution in [-0.2, 0) is 6.54 Å². The second-order valence-corrected chi connectivity index (χ2v) is 4.93. The van der Waals surface area contributed by atoms with Crippen LogP contribution < -0.4 is 5.73 Å². The Labute approximate surface area is 114 Å². The highest BCUT2D eigenvalue weighted by Crippen LogP contribution is 2.30. The number of nitrogens with two attached hydrogens (primary N) is 1. The van der Waals surface area contributed by atoms with Gasteiger partial charge in [0.1, 0.15) is 17.3 Å². The number of rotatable bonds is 2. The van der Waals surface area contributed by atoms with Crippen LogP contribution in [0.4, 0.5) is 5.82 Å². The monoisotopic (exact) mass is 253 g/mol. The molecule has 19 heavy (non-hydrogen) atoms.